The van der Waals surface area contributed by atoms with Gasteiger partial charge in [-0.05, 0) is 37.5 Å². The van der Waals surface area contributed by atoms with Crippen LogP contribution in [-0.4, -0.2) is 11.3 Å². The highest BCUT2D eigenvalue weighted by atomic mass is 16.1. The van der Waals surface area contributed by atoms with Crippen molar-refractivity contribution in [2.75, 3.05) is 0 Å². The molecule has 92 valence electrons. The van der Waals surface area contributed by atoms with Gasteiger partial charge in [0.25, 0.3) is 0 Å². The van der Waals surface area contributed by atoms with Crippen molar-refractivity contribution in [2.24, 2.45) is 0 Å². The Morgan fingerprint density at radius 3 is 2.59 bits per heavy atom. The van der Waals surface area contributed by atoms with Crippen LogP contribution in [0.25, 0.3) is 0 Å². The minimum Gasteiger partial charge on any atom is -0.298 e. The van der Waals surface area contributed by atoms with Gasteiger partial charge < -0.3 is 0 Å². The lowest BCUT2D eigenvalue weighted by molar-refractivity contribution is 0.112. The highest BCUT2D eigenvalue weighted by Crippen LogP contribution is 2.11. The molecule has 0 aromatic carbocycles. The van der Waals surface area contributed by atoms with Gasteiger partial charge in [-0.2, -0.15) is 0 Å². The third-order valence-corrected chi connectivity index (χ3v) is 2.21. The second-order valence-electron chi connectivity index (χ2n) is 3.23. The number of allylic oxidation sites excluding steroid dienone is 4. The molecule has 0 saturated carbocycles. The second-order valence-corrected chi connectivity index (χ2v) is 3.23. The predicted octanol–water partition coefficient (Wildman–Crippen LogP) is 3.99. The SMILES string of the molecule is C/C=C\C(=C/C)Cc1cnccc1C=O.CC. The molecule has 1 aromatic rings. The summed E-state index contributed by atoms with van der Waals surface area (Å²) in [5, 5.41) is 0. The van der Waals surface area contributed by atoms with E-state index in [0.29, 0.717) is 5.56 Å². The van der Waals surface area contributed by atoms with E-state index in [1.165, 1.54) is 5.57 Å². The summed E-state index contributed by atoms with van der Waals surface area (Å²) in [5.74, 6) is 0. The summed E-state index contributed by atoms with van der Waals surface area (Å²) in [6.07, 6.45) is 11.1. The molecule has 1 heterocycles. The number of aldehydes is 1. The maximum atomic E-state index is 10.8. The van der Waals surface area contributed by atoms with E-state index in [9.17, 15) is 4.79 Å². The molecule has 0 saturated heterocycles. The highest BCUT2D eigenvalue weighted by Gasteiger charge is 2.02. The number of hydrogen-bond donors (Lipinski definition) is 0. The molecule has 0 atom stereocenters. The van der Waals surface area contributed by atoms with Crippen molar-refractivity contribution in [3.05, 3.63) is 53.4 Å². The normalized spacial score (nSPS) is 10.9. The highest BCUT2D eigenvalue weighted by molar-refractivity contribution is 5.77. The van der Waals surface area contributed by atoms with Gasteiger partial charge in [0.1, 0.15) is 6.29 Å². The standard InChI is InChI=1S/C13H15NO.C2H6/c1-3-5-11(4-2)8-13-9-14-7-6-12(13)10-15;1-2/h3-7,9-10H,8H2,1-2H3;1-2H3/b5-3-,11-4+;. The summed E-state index contributed by atoms with van der Waals surface area (Å²) in [4.78, 5) is 14.8. The molecule has 0 unspecified atom stereocenters. The average Bonchev–Trinajstić information content (AvgIpc) is 2.41. The molecule has 0 aliphatic heterocycles. The van der Waals surface area contributed by atoms with E-state index >= 15 is 0 Å². The fourth-order valence-electron chi connectivity index (χ4n) is 1.39. The zero-order valence-corrected chi connectivity index (χ0v) is 11.1. The van der Waals surface area contributed by atoms with Gasteiger partial charge in [-0.1, -0.05) is 32.1 Å². The molecule has 0 aliphatic carbocycles. The van der Waals surface area contributed by atoms with Gasteiger partial charge in [0, 0.05) is 18.0 Å². The van der Waals surface area contributed by atoms with Crippen LogP contribution in [-0.2, 0) is 6.42 Å². The third kappa shape index (κ3) is 5.25. The van der Waals surface area contributed by atoms with E-state index < -0.39 is 0 Å². The molecule has 2 heteroatoms. The van der Waals surface area contributed by atoms with Crippen LogP contribution in [0.1, 0.15) is 43.6 Å². The van der Waals surface area contributed by atoms with Crippen LogP contribution in [0, 0.1) is 0 Å². The topological polar surface area (TPSA) is 30.0 Å². The first-order valence-corrected chi connectivity index (χ1v) is 5.97. The Kier molecular flexibility index (Phi) is 8.57. The Bertz CT molecular complexity index is 392. The van der Waals surface area contributed by atoms with Crippen molar-refractivity contribution in [1.29, 1.82) is 0 Å². The number of nitrogens with zero attached hydrogens (tertiary/aromatic N) is 1. The average molecular weight is 231 g/mol. The van der Waals surface area contributed by atoms with Gasteiger partial charge in [0.15, 0.2) is 0 Å². The number of pyridine rings is 1. The summed E-state index contributed by atoms with van der Waals surface area (Å²) in [5.41, 5.74) is 2.88. The Labute approximate surface area is 104 Å². The molecule has 1 aromatic heterocycles. The molecular formula is C15H21NO. The van der Waals surface area contributed by atoms with Crippen LogP contribution in [0.4, 0.5) is 0 Å². The summed E-state index contributed by atoms with van der Waals surface area (Å²) in [7, 11) is 0. The number of hydrogen-bond acceptors (Lipinski definition) is 2. The van der Waals surface area contributed by atoms with E-state index in [1.807, 2.05) is 45.9 Å². The lowest BCUT2D eigenvalue weighted by Crippen LogP contribution is -1.95. The van der Waals surface area contributed by atoms with E-state index in [2.05, 4.69) is 4.98 Å². The van der Waals surface area contributed by atoms with Crippen molar-refractivity contribution in [3.63, 3.8) is 0 Å². The molecule has 17 heavy (non-hydrogen) atoms. The Hall–Kier alpha value is -1.70. The van der Waals surface area contributed by atoms with Gasteiger partial charge in [-0.25, -0.2) is 0 Å². The first-order valence-electron chi connectivity index (χ1n) is 5.97. The number of carbonyl (C=O) groups excluding carboxylic acids is 1. The van der Waals surface area contributed by atoms with E-state index in [4.69, 9.17) is 0 Å². The smallest absolute Gasteiger partial charge is 0.150 e. The van der Waals surface area contributed by atoms with Crippen LogP contribution in [0.5, 0.6) is 0 Å². The molecule has 0 radical (unpaired) electrons. The first-order chi connectivity index (χ1) is 8.31. The van der Waals surface area contributed by atoms with Crippen LogP contribution in [0.3, 0.4) is 0 Å². The minimum atomic E-state index is 0.717. The maximum Gasteiger partial charge on any atom is 0.150 e. The minimum absolute atomic E-state index is 0.717. The lowest BCUT2D eigenvalue weighted by atomic mass is 10.0. The fourth-order valence-corrected chi connectivity index (χ4v) is 1.39. The van der Waals surface area contributed by atoms with Gasteiger partial charge in [0.2, 0.25) is 0 Å². The van der Waals surface area contributed by atoms with Crippen LogP contribution < -0.4 is 0 Å². The number of rotatable bonds is 4. The van der Waals surface area contributed by atoms with E-state index in [1.54, 1.807) is 18.5 Å². The zero-order chi connectivity index (χ0) is 13.1. The van der Waals surface area contributed by atoms with Crippen LogP contribution in [0.2, 0.25) is 0 Å². The Balaban J connectivity index is 0.00000121. The molecule has 2 nitrogen and oxygen atoms in total. The molecule has 0 spiro atoms. The van der Waals surface area contributed by atoms with Crippen molar-refractivity contribution in [3.8, 4) is 0 Å². The van der Waals surface area contributed by atoms with Crippen molar-refractivity contribution in [1.82, 2.24) is 4.98 Å². The van der Waals surface area contributed by atoms with E-state index in [0.717, 1.165) is 18.3 Å². The maximum absolute atomic E-state index is 10.8. The van der Waals surface area contributed by atoms with Gasteiger partial charge >= 0.3 is 0 Å². The first kappa shape index (κ1) is 15.3. The molecule has 0 fully saturated rings. The third-order valence-electron chi connectivity index (χ3n) is 2.21. The van der Waals surface area contributed by atoms with Gasteiger partial charge in [-0.3, -0.25) is 9.78 Å². The Morgan fingerprint density at radius 2 is 2.06 bits per heavy atom. The molecule has 0 aliphatic rings. The predicted molar refractivity (Wildman–Crippen MR) is 73.2 cm³/mol. The van der Waals surface area contributed by atoms with Crippen LogP contribution >= 0.6 is 0 Å². The van der Waals surface area contributed by atoms with Gasteiger partial charge in [-0.15, -0.1) is 0 Å². The zero-order valence-electron chi connectivity index (χ0n) is 11.1. The van der Waals surface area contributed by atoms with Crippen molar-refractivity contribution < 1.29 is 4.79 Å². The van der Waals surface area contributed by atoms with Crippen molar-refractivity contribution in [2.45, 2.75) is 34.1 Å². The summed E-state index contributed by atoms with van der Waals surface area (Å²) >= 11 is 0. The second kappa shape index (κ2) is 9.52. The molecular weight excluding hydrogens is 210 g/mol. The fraction of sp³-hybridized carbons (Fsp3) is 0.333. The quantitative estimate of drug-likeness (QED) is 0.579. The molecule has 0 amide bonds. The largest absolute Gasteiger partial charge is 0.298 e. The summed E-state index contributed by atoms with van der Waals surface area (Å²) in [6, 6.07) is 1.74. The van der Waals surface area contributed by atoms with Gasteiger partial charge in [0.05, 0.1) is 0 Å². The Morgan fingerprint density at radius 1 is 1.35 bits per heavy atom. The summed E-state index contributed by atoms with van der Waals surface area (Å²) < 4.78 is 0. The van der Waals surface area contributed by atoms with E-state index in [-0.39, 0.29) is 0 Å². The van der Waals surface area contributed by atoms with Crippen LogP contribution in [0.15, 0.2) is 42.3 Å². The molecule has 1 rings (SSSR count). The monoisotopic (exact) mass is 231 g/mol. The number of carbonyl (C=O) groups is 1. The number of aromatic nitrogens is 1. The molecule has 0 N–H and O–H groups in total. The lowest BCUT2D eigenvalue weighted by Gasteiger charge is -2.04. The summed E-state index contributed by atoms with van der Waals surface area (Å²) in [6.45, 7) is 7.97. The molecule has 0 bridgehead atoms. The van der Waals surface area contributed by atoms with Crippen molar-refractivity contribution >= 4 is 6.29 Å².